The van der Waals surface area contributed by atoms with Gasteiger partial charge in [-0.25, -0.2) is 0 Å². The highest BCUT2D eigenvalue weighted by Crippen LogP contribution is 2.59. The molecule has 0 unspecified atom stereocenters. The third-order valence-corrected chi connectivity index (χ3v) is 6.40. The molecule has 16 heavy (non-hydrogen) atoms. The van der Waals surface area contributed by atoms with E-state index in [0.29, 0.717) is 0 Å². The average Bonchev–Trinajstić information content (AvgIpc) is 2.84. The highest BCUT2D eigenvalue weighted by Gasteiger charge is 2.45. The summed E-state index contributed by atoms with van der Waals surface area (Å²) in [6.45, 7) is 0. The Morgan fingerprint density at radius 1 is 0.375 bits per heavy atom. The van der Waals surface area contributed by atoms with Crippen LogP contribution in [-0.4, -0.2) is 0 Å². The molecule has 0 aromatic carbocycles. The monoisotopic (exact) mass is 212 g/mol. The molecule has 8 aliphatic rings. The van der Waals surface area contributed by atoms with Crippen molar-refractivity contribution in [3.05, 3.63) is 22.3 Å². The van der Waals surface area contributed by atoms with Gasteiger partial charge in [-0.2, -0.15) is 0 Å². The molecule has 0 N–H and O–H groups in total. The van der Waals surface area contributed by atoms with Gasteiger partial charge in [-0.3, -0.25) is 0 Å². The number of rotatable bonds is 0. The minimum absolute atomic E-state index is 1.07. The van der Waals surface area contributed by atoms with Gasteiger partial charge in [0, 0.05) is 0 Å². The molecule has 0 atom stereocenters. The van der Waals surface area contributed by atoms with Crippen molar-refractivity contribution in [3.8, 4) is 0 Å². The molecule has 8 rings (SSSR count). The Hall–Kier alpha value is -0.520. The van der Waals surface area contributed by atoms with Gasteiger partial charge >= 0.3 is 0 Å². The maximum Gasteiger partial charge on any atom is -0.0283 e. The molecule has 0 saturated heterocycles. The fourth-order valence-corrected chi connectivity index (χ4v) is 5.64. The summed E-state index contributed by atoms with van der Waals surface area (Å²) in [5, 5.41) is 0. The minimum Gasteiger partial charge on any atom is -0.0704 e. The number of hydrogen-bond acceptors (Lipinski definition) is 0. The number of hydrogen-bond donors (Lipinski definition) is 0. The summed E-state index contributed by atoms with van der Waals surface area (Å²) in [6, 6.07) is 0. The molecule has 4 fully saturated rings. The molecule has 4 saturated carbocycles. The van der Waals surface area contributed by atoms with Gasteiger partial charge in [0.05, 0.1) is 0 Å². The third kappa shape index (κ3) is 0.931. The van der Waals surface area contributed by atoms with Crippen LogP contribution in [0.4, 0.5) is 0 Å². The summed E-state index contributed by atoms with van der Waals surface area (Å²) in [6.07, 6.45) is 12.0. The van der Waals surface area contributed by atoms with E-state index < -0.39 is 0 Å². The van der Waals surface area contributed by atoms with Crippen LogP contribution in [0.5, 0.6) is 0 Å². The van der Waals surface area contributed by atoms with Gasteiger partial charge in [0.1, 0.15) is 0 Å². The quantitative estimate of drug-likeness (QED) is 0.527. The molecule has 0 spiro atoms. The molecule has 0 heteroatoms. The molecule has 0 amide bonds. The van der Waals surface area contributed by atoms with E-state index in [0.717, 1.165) is 23.7 Å². The van der Waals surface area contributed by atoms with Gasteiger partial charge in [-0.05, 0) is 75.0 Å². The summed E-state index contributed by atoms with van der Waals surface area (Å²) in [5.41, 5.74) is 7.75. The maximum atomic E-state index is 1.94. The van der Waals surface area contributed by atoms with Gasteiger partial charge < -0.3 is 0 Å². The summed E-state index contributed by atoms with van der Waals surface area (Å²) in [7, 11) is 0. The zero-order valence-electron chi connectivity index (χ0n) is 9.97. The van der Waals surface area contributed by atoms with E-state index in [9.17, 15) is 0 Å². The van der Waals surface area contributed by atoms with E-state index >= 15 is 0 Å². The molecule has 0 aliphatic heterocycles. The molecule has 0 heterocycles. The van der Waals surface area contributed by atoms with Gasteiger partial charge in [-0.15, -0.1) is 0 Å². The van der Waals surface area contributed by atoms with E-state index in [1.54, 1.807) is 0 Å². The summed E-state index contributed by atoms with van der Waals surface area (Å²) in [5.74, 6) is 4.28. The predicted octanol–water partition coefficient (Wildman–Crippen LogP) is 4.23. The molecule has 8 aliphatic carbocycles. The Balaban J connectivity index is 1.73. The fraction of sp³-hybridized carbons (Fsp3) is 0.750. The molecule has 0 radical (unpaired) electrons. The van der Waals surface area contributed by atoms with E-state index in [1.165, 1.54) is 51.4 Å². The highest BCUT2D eigenvalue weighted by molar-refractivity contribution is 5.35. The van der Waals surface area contributed by atoms with E-state index in [-0.39, 0.29) is 0 Å². The van der Waals surface area contributed by atoms with Crippen molar-refractivity contribution in [1.29, 1.82) is 0 Å². The van der Waals surface area contributed by atoms with Crippen molar-refractivity contribution < 1.29 is 0 Å². The van der Waals surface area contributed by atoms with Crippen molar-refractivity contribution in [3.63, 3.8) is 0 Å². The lowest BCUT2D eigenvalue weighted by atomic mass is 9.92. The Kier molecular flexibility index (Phi) is 1.42. The van der Waals surface area contributed by atoms with Gasteiger partial charge in [-0.1, -0.05) is 22.3 Å². The van der Waals surface area contributed by atoms with Crippen molar-refractivity contribution >= 4 is 0 Å². The third-order valence-electron chi connectivity index (χ3n) is 6.40. The lowest BCUT2D eigenvalue weighted by molar-refractivity contribution is 0.457. The molecular formula is C16H20. The second kappa shape index (κ2) is 2.66. The average molecular weight is 212 g/mol. The zero-order valence-corrected chi connectivity index (χ0v) is 9.97. The molecule has 84 valence electrons. The first-order valence-electron chi connectivity index (χ1n) is 7.26. The van der Waals surface area contributed by atoms with Gasteiger partial charge in [0.25, 0.3) is 0 Å². The van der Waals surface area contributed by atoms with Crippen LogP contribution in [-0.2, 0) is 0 Å². The molecular weight excluding hydrogens is 192 g/mol. The van der Waals surface area contributed by atoms with Crippen LogP contribution in [0.3, 0.4) is 0 Å². The minimum atomic E-state index is 1.07. The zero-order chi connectivity index (χ0) is 10.3. The highest BCUT2D eigenvalue weighted by atomic mass is 14.5. The van der Waals surface area contributed by atoms with E-state index in [1.807, 2.05) is 22.3 Å². The Morgan fingerprint density at radius 3 is 0.750 bits per heavy atom. The Bertz CT molecular complexity index is 323. The van der Waals surface area contributed by atoms with Crippen molar-refractivity contribution in [2.24, 2.45) is 23.7 Å². The van der Waals surface area contributed by atoms with Crippen LogP contribution in [0.1, 0.15) is 51.4 Å². The maximum absolute atomic E-state index is 1.94. The van der Waals surface area contributed by atoms with Crippen molar-refractivity contribution in [2.45, 2.75) is 51.4 Å². The summed E-state index contributed by atoms with van der Waals surface area (Å²) in [4.78, 5) is 0. The first-order chi connectivity index (χ1) is 7.87. The van der Waals surface area contributed by atoms with Crippen LogP contribution >= 0.6 is 0 Å². The second-order valence-electron chi connectivity index (χ2n) is 7.09. The predicted molar refractivity (Wildman–Crippen MR) is 64.9 cm³/mol. The van der Waals surface area contributed by atoms with Gasteiger partial charge in [0.2, 0.25) is 0 Å². The second-order valence-corrected chi connectivity index (χ2v) is 7.09. The molecule has 0 nitrogen and oxygen atoms in total. The van der Waals surface area contributed by atoms with Crippen LogP contribution in [0.15, 0.2) is 22.3 Å². The van der Waals surface area contributed by atoms with E-state index in [4.69, 9.17) is 0 Å². The number of allylic oxidation sites excluding steroid dienone is 4. The van der Waals surface area contributed by atoms with Crippen LogP contribution < -0.4 is 0 Å². The van der Waals surface area contributed by atoms with Crippen LogP contribution in [0, 0.1) is 23.7 Å². The first kappa shape index (κ1) is 8.55. The van der Waals surface area contributed by atoms with Crippen LogP contribution in [0.2, 0.25) is 0 Å². The van der Waals surface area contributed by atoms with Crippen molar-refractivity contribution in [1.82, 2.24) is 0 Å². The molecule has 0 aromatic rings. The topological polar surface area (TPSA) is 0 Å². The lowest BCUT2D eigenvalue weighted by Crippen LogP contribution is -1.96. The van der Waals surface area contributed by atoms with Gasteiger partial charge in [0.15, 0.2) is 0 Å². The lowest BCUT2D eigenvalue weighted by Gasteiger charge is -2.14. The Morgan fingerprint density at radius 2 is 0.562 bits per heavy atom. The summed E-state index contributed by atoms with van der Waals surface area (Å²) >= 11 is 0. The van der Waals surface area contributed by atoms with Crippen LogP contribution in [0.25, 0.3) is 0 Å². The standard InChI is InChI=1S/C16H20/c1-9-2-14-6-11(3-13(1)14)12-7-15-4-10(9)5-16(15)8-12/h13-16H,1-8H2. The SMILES string of the molecule is C1C2=C3CC4CC(=C5CC1C(C2)C5)CC4C3. The van der Waals surface area contributed by atoms with Crippen molar-refractivity contribution in [2.75, 3.05) is 0 Å². The Labute approximate surface area is 97.8 Å². The smallest absolute Gasteiger partial charge is 0.0283 e. The first-order valence-corrected chi connectivity index (χ1v) is 7.26. The molecule has 0 aromatic heterocycles. The largest absolute Gasteiger partial charge is 0.0704 e. The fourth-order valence-electron chi connectivity index (χ4n) is 5.64. The normalized spacial score (nSPS) is 48.0. The van der Waals surface area contributed by atoms with E-state index in [2.05, 4.69) is 0 Å². The summed E-state index contributed by atoms with van der Waals surface area (Å²) < 4.78 is 0. The molecule has 8 bridgehead atoms.